The van der Waals surface area contributed by atoms with Gasteiger partial charge in [0.25, 0.3) is 5.56 Å². The number of thiophene rings is 1. The summed E-state index contributed by atoms with van der Waals surface area (Å²) in [4.78, 5) is 21.8. The average molecular weight is 413 g/mol. The zero-order valence-electron chi connectivity index (χ0n) is 16.1. The first-order valence-electron chi connectivity index (χ1n) is 8.94. The summed E-state index contributed by atoms with van der Waals surface area (Å²) in [7, 11) is 0. The highest BCUT2D eigenvalue weighted by atomic mass is 32.2. The van der Waals surface area contributed by atoms with Crippen LogP contribution < -0.4 is 5.56 Å². The third kappa shape index (κ3) is 3.47. The van der Waals surface area contributed by atoms with Crippen LogP contribution in [0.4, 0.5) is 0 Å². The Hall–Kier alpha value is -2.52. The molecule has 0 bridgehead atoms. The maximum absolute atomic E-state index is 12.4. The predicted molar refractivity (Wildman–Crippen MR) is 113 cm³/mol. The second kappa shape index (κ2) is 7.48. The van der Waals surface area contributed by atoms with Gasteiger partial charge in [-0.05, 0) is 53.5 Å². The van der Waals surface area contributed by atoms with E-state index in [1.807, 2.05) is 26.0 Å². The largest absolute Gasteiger partial charge is 0.309 e. The first-order valence-corrected chi connectivity index (χ1v) is 10.7. The second-order valence-electron chi connectivity index (χ2n) is 6.88. The van der Waals surface area contributed by atoms with Crippen LogP contribution in [0.15, 0.2) is 34.2 Å². The lowest BCUT2D eigenvalue weighted by Gasteiger charge is -2.08. The maximum Gasteiger partial charge on any atom is 0.259 e. The monoisotopic (exact) mass is 412 g/mol. The molecule has 1 aromatic carbocycles. The minimum Gasteiger partial charge on any atom is -0.309 e. The van der Waals surface area contributed by atoms with Gasteiger partial charge in [0, 0.05) is 4.88 Å². The molecule has 3 heterocycles. The van der Waals surface area contributed by atoms with E-state index in [9.17, 15) is 4.79 Å². The van der Waals surface area contributed by atoms with Crippen molar-refractivity contribution in [3.63, 3.8) is 0 Å². The second-order valence-corrected chi connectivity index (χ2v) is 9.03. The van der Waals surface area contributed by atoms with E-state index < -0.39 is 0 Å². The van der Waals surface area contributed by atoms with Gasteiger partial charge in [0.1, 0.15) is 10.7 Å². The topological polar surface area (TPSA) is 89.3 Å². The lowest BCUT2D eigenvalue weighted by atomic mass is 10.0. The van der Waals surface area contributed by atoms with E-state index in [0.29, 0.717) is 28.0 Å². The van der Waals surface area contributed by atoms with Gasteiger partial charge in [-0.25, -0.2) is 4.98 Å². The Morgan fingerprint density at radius 3 is 2.68 bits per heavy atom. The highest BCUT2D eigenvalue weighted by molar-refractivity contribution is 7.98. The number of tetrazole rings is 1. The molecule has 0 atom stereocenters. The molecule has 7 nitrogen and oxygen atoms in total. The fourth-order valence-corrected chi connectivity index (χ4v) is 4.74. The van der Waals surface area contributed by atoms with Crippen molar-refractivity contribution >= 4 is 33.3 Å². The SMILES string of the molecule is Cc1sc2nc(CSc3nnnn3-c3ccc(C(C)C)cc3)[nH]c(=O)c2c1C. The first kappa shape index (κ1) is 18.8. The summed E-state index contributed by atoms with van der Waals surface area (Å²) in [5.41, 5.74) is 3.08. The molecule has 1 N–H and O–H groups in total. The fourth-order valence-electron chi connectivity index (χ4n) is 2.93. The van der Waals surface area contributed by atoms with Crippen molar-refractivity contribution in [1.29, 1.82) is 0 Å². The van der Waals surface area contributed by atoms with Gasteiger partial charge < -0.3 is 4.98 Å². The number of hydrogen-bond donors (Lipinski definition) is 1. The fraction of sp³-hybridized carbons (Fsp3) is 0.316. The molecule has 4 rings (SSSR count). The van der Waals surface area contributed by atoms with Crippen LogP contribution in [0.1, 0.15) is 41.6 Å². The van der Waals surface area contributed by atoms with E-state index >= 15 is 0 Å². The number of fused-ring (bicyclic) bond motifs is 1. The summed E-state index contributed by atoms with van der Waals surface area (Å²) in [6, 6.07) is 8.20. The highest BCUT2D eigenvalue weighted by Gasteiger charge is 2.14. The van der Waals surface area contributed by atoms with Crippen LogP contribution in [0.5, 0.6) is 0 Å². The number of H-pyrrole nitrogens is 1. The van der Waals surface area contributed by atoms with Crippen LogP contribution in [0.25, 0.3) is 15.9 Å². The molecular formula is C19H20N6OS2. The van der Waals surface area contributed by atoms with E-state index in [1.165, 1.54) is 17.3 Å². The van der Waals surface area contributed by atoms with E-state index in [4.69, 9.17) is 0 Å². The molecule has 0 radical (unpaired) electrons. The molecule has 0 saturated carbocycles. The Morgan fingerprint density at radius 2 is 1.96 bits per heavy atom. The standard InChI is InChI=1S/C19H20N6OS2/c1-10(2)13-5-7-14(8-6-13)25-19(22-23-24-25)27-9-15-20-17(26)16-11(3)12(4)28-18(16)21-15/h5-8,10H,9H2,1-4H3,(H,20,21,26). The summed E-state index contributed by atoms with van der Waals surface area (Å²) in [5, 5.41) is 13.4. The Morgan fingerprint density at radius 1 is 1.21 bits per heavy atom. The Labute approximate surface area is 170 Å². The molecule has 0 aliphatic carbocycles. The van der Waals surface area contributed by atoms with Gasteiger partial charge in [0.2, 0.25) is 5.16 Å². The number of aryl methyl sites for hydroxylation is 2. The summed E-state index contributed by atoms with van der Waals surface area (Å²) in [5.74, 6) is 1.57. The minimum atomic E-state index is -0.0914. The Bertz CT molecular complexity index is 1190. The van der Waals surface area contributed by atoms with Gasteiger partial charge >= 0.3 is 0 Å². The van der Waals surface area contributed by atoms with Crippen LogP contribution in [-0.4, -0.2) is 30.2 Å². The molecule has 0 unspecified atom stereocenters. The smallest absolute Gasteiger partial charge is 0.259 e. The molecule has 4 aromatic rings. The average Bonchev–Trinajstić information content (AvgIpc) is 3.25. The molecule has 144 valence electrons. The molecule has 0 fully saturated rings. The van der Waals surface area contributed by atoms with Crippen molar-refractivity contribution in [2.45, 2.75) is 44.5 Å². The quantitative estimate of drug-likeness (QED) is 0.499. The van der Waals surface area contributed by atoms with Crippen molar-refractivity contribution < 1.29 is 0 Å². The Balaban J connectivity index is 1.57. The van der Waals surface area contributed by atoms with E-state index in [2.05, 4.69) is 51.5 Å². The molecule has 0 amide bonds. The first-order chi connectivity index (χ1) is 13.4. The molecule has 0 aliphatic heterocycles. The minimum absolute atomic E-state index is 0.0914. The lowest BCUT2D eigenvalue weighted by Crippen LogP contribution is -2.11. The van der Waals surface area contributed by atoms with Crippen LogP contribution >= 0.6 is 23.1 Å². The normalized spacial score (nSPS) is 11.6. The number of aromatic nitrogens is 6. The van der Waals surface area contributed by atoms with Crippen LogP contribution in [0.3, 0.4) is 0 Å². The molecule has 3 aromatic heterocycles. The van der Waals surface area contributed by atoms with Gasteiger partial charge in [0.05, 0.1) is 16.8 Å². The number of benzene rings is 1. The predicted octanol–water partition coefficient (Wildman–Crippen LogP) is 3.99. The van der Waals surface area contributed by atoms with Crippen LogP contribution in [0.2, 0.25) is 0 Å². The number of hydrogen-bond acceptors (Lipinski definition) is 7. The summed E-state index contributed by atoms with van der Waals surface area (Å²) in [6.45, 7) is 8.29. The molecule has 0 spiro atoms. The van der Waals surface area contributed by atoms with Crippen molar-refractivity contribution in [1.82, 2.24) is 30.2 Å². The van der Waals surface area contributed by atoms with Gasteiger partial charge in [-0.1, -0.05) is 37.7 Å². The Kier molecular flexibility index (Phi) is 5.03. The van der Waals surface area contributed by atoms with Crippen molar-refractivity contribution in [3.05, 3.63) is 56.4 Å². The lowest BCUT2D eigenvalue weighted by molar-refractivity contribution is 0.754. The summed E-state index contributed by atoms with van der Waals surface area (Å²) < 4.78 is 1.70. The highest BCUT2D eigenvalue weighted by Crippen LogP contribution is 2.27. The van der Waals surface area contributed by atoms with Gasteiger partial charge in [0.15, 0.2) is 0 Å². The van der Waals surface area contributed by atoms with Gasteiger partial charge in [-0.3, -0.25) is 4.79 Å². The molecular weight excluding hydrogens is 392 g/mol. The van der Waals surface area contributed by atoms with Crippen LogP contribution in [-0.2, 0) is 5.75 Å². The van der Waals surface area contributed by atoms with Crippen LogP contribution in [0, 0.1) is 13.8 Å². The van der Waals surface area contributed by atoms with Crippen molar-refractivity contribution in [3.8, 4) is 5.69 Å². The molecule has 0 aliphatic rings. The van der Waals surface area contributed by atoms with Gasteiger partial charge in [-0.15, -0.1) is 16.4 Å². The number of rotatable bonds is 5. The van der Waals surface area contributed by atoms with Crippen molar-refractivity contribution in [2.24, 2.45) is 0 Å². The molecule has 28 heavy (non-hydrogen) atoms. The zero-order chi connectivity index (χ0) is 19.8. The number of aromatic amines is 1. The third-order valence-corrected chi connectivity index (χ3v) is 6.70. The number of thioether (sulfide) groups is 1. The van der Waals surface area contributed by atoms with E-state index in [-0.39, 0.29) is 5.56 Å². The number of nitrogens with zero attached hydrogens (tertiary/aromatic N) is 5. The maximum atomic E-state index is 12.4. The van der Waals surface area contributed by atoms with E-state index in [1.54, 1.807) is 16.0 Å². The molecule has 0 saturated heterocycles. The molecule has 9 heteroatoms. The third-order valence-electron chi connectivity index (χ3n) is 4.67. The van der Waals surface area contributed by atoms with Crippen molar-refractivity contribution in [2.75, 3.05) is 0 Å². The summed E-state index contributed by atoms with van der Waals surface area (Å²) >= 11 is 2.99. The number of nitrogens with one attached hydrogen (secondary N) is 1. The summed E-state index contributed by atoms with van der Waals surface area (Å²) in [6.07, 6.45) is 0. The zero-order valence-corrected chi connectivity index (χ0v) is 17.7. The van der Waals surface area contributed by atoms with E-state index in [0.717, 1.165) is 21.0 Å². The van der Waals surface area contributed by atoms with Gasteiger partial charge in [-0.2, -0.15) is 4.68 Å².